The summed E-state index contributed by atoms with van der Waals surface area (Å²) in [6.45, 7) is 6.33. The second kappa shape index (κ2) is 5.45. The normalized spacial score (nSPS) is 10.5. The van der Waals surface area contributed by atoms with Crippen LogP contribution in [0.2, 0.25) is 0 Å². The Morgan fingerprint density at radius 2 is 2.00 bits per heavy atom. The summed E-state index contributed by atoms with van der Waals surface area (Å²) >= 11 is 1.29. The largest absolute Gasteiger partial charge is 0.489 e. The third-order valence-corrected chi connectivity index (χ3v) is 4.04. The number of rotatable bonds is 4. The zero-order valence-electron chi connectivity index (χ0n) is 11.2. The Morgan fingerprint density at radius 3 is 2.63 bits per heavy atom. The third kappa shape index (κ3) is 3.15. The fourth-order valence-electron chi connectivity index (χ4n) is 1.79. The second-order valence-electron chi connectivity index (χ2n) is 4.55. The van der Waals surface area contributed by atoms with Gasteiger partial charge < -0.3 is 9.84 Å². The lowest BCUT2D eigenvalue weighted by Crippen LogP contribution is -1.98. The standard InChI is InChI=1S/C15H16O3S/c1-9-4-5-10(2)13(6-9)18-8-12-7-14(15(16)17)19-11(12)3/h4-7H,8H2,1-3H3,(H,16,17). The van der Waals surface area contributed by atoms with Crippen molar-refractivity contribution in [3.05, 3.63) is 50.7 Å². The van der Waals surface area contributed by atoms with E-state index in [4.69, 9.17) is 9.84 Å². The zero-order valence-corrected chi connectivity index (χ0v) is 12.0. The summed E-state index contributed by atoms with van der Waals surface area (Å²) in [6.07, 6.45) is 0. The summed E-state index contributed by atoms with van der Waals surface area (Å²) in [5.74, 6) is -0.0337. The van der Waals surface area contributed by atoms with E-state index < -0.39 is 5.97 Å². The minimum absolute atomic E-state index is 0.358. The molecular formula is C15H16O3S. The van der Waals surface area contributed by atoms with Gasteiger partial charge >= 0.3 is 5.97 Å². The highest BCUT2D eigenvalue weighted by Gasteiger charge is 2.11. The van der Waals surface area contributed by atoms with Crippen molar-refractivity contribution in [2.24, 2.45) is 0 Å². The number of aromatic carboxylic acids is 1. The average Bonchev–Trinajstić information content (AvgIpc) is 2.72. The molecule has 0 bridgehead atoms. The maximum absolute atomic E-state index is 10.9. The van der Waals surface area contributed by atoms with Crippen molar-refractivity contribution in [1.82, 2.24) is 0 Å². The molecule has 19 heavy (non-hydrogen) atoms. The van der Waals surface area contributed by atoms with E-state index in [1.807, 2.05) is 39.0 Å². The predicted molar refractivity (Wildman–Crippen MR) is 76.3 cm³/mol. The van der Waals surface area contributed by atoms with Gasteiger partial charge in [0.05, 0.1) is 0 Å². The van der Waals surface area contributed by atoms with Crippen LogP contribution in [-0.4, -0.2) is 11.1 Å². The summed E-state index contributed by atoms with van der Waals surface area (Å²) in [4.78, 5) is 12.3. The van der Waals surface area contributed by atoms with Crippen molar-refractivity contribution in [3.63, 3.8) is 0 Å². The van der Waals surface area contributed by atoms with Crippen molar-refractivity contribution in [1.29, 1.82) is 0 Å². The minimum Gasteiger partial charge on any atom is -0.489 e. The van der Waals surface area contributed by atoms with Gasteiger partial charge in [0.15, 0.2) is 0 Å². The first-order valence-corrected chi connectivity index (χ1v) is 6.81. The lowest BCUT2D eigenvalue weighted by atomic mass is 10.1. The Bertz CT molecular complexity index is 614. The molecule has 4 heteroatoms. The fourth-order valence-corrected chi connectivity index (χ4v) is 2.65. The van der Waals surface area contributed by atoms with E-state index in [1.165, 1.54) is 11.3 Å². The van der Waals surface area contributed by atoms with Crippen LogP contribution < -0.4 is 4.74 Å². The van der Waals surface area contributed by atoms with E-state index in [0.717, 1.165) is 27.3 Å². The Hall–Kier alpha value is -1.81. The first kappa shape index (κ1) is 13.6. The van der Waals surface area contributed by atoms with Gasteiger partial charge in [0.2, 0.25) is 0 Å². The molecule has 0 saturated carbocycles. The van der Waals surface area contributed by atoms with E-state index in [1.54, 1.807) is 6.07 Å². The van der Waals surface area contributed by atoms with E-state index in [0.29, 0.717) is 11.5 Å². The van der Waals surface area contributed by atoms with E-state index in [2.05, 4.69) is 0 Å². The van der Waals surface area contributed by atoms with Gasteiger partial charge in [0.25, 0.3) is 0 Å². The number of carboxylic acid groups (broad SMARTS) is 1. The number of hydrogen-bond acceptors (Lipinski definition) is 3. The number of benzene rings is 1. The Kier molecular flexibility index (Phi) is 3.90. The SMILES string of the molecule is Cc1ccc(C)c(OCc2cc(C(=O)O)sc2C)c1. The van der Waals surface area contributed by atoms with Gasteiger partial charge in [-0.15, -0.1) is 11.3 Å². The van der Waals surface area contributed by atoms with Crippen LogP contribution in [0.4, 0.5) is 0 Å². The highest BCUT2D eigenvalue weighted by Crippen LogP contribution is 2.25. The molecule has 3 nitrogen and oxygen atoms in total. The van der Waals surface area contributed by atoms with E-state index in [-0.39, 0.29) is 0 Å². The number of aryl methyl sites for hydroxylation is 3. The molecule has 0 spiro atoms. The summed E-state index contributed by atoms with van der Waals surface area (Å²) < 4.78 is 5.79. The van der Waals surface area contributed by atoms with Gasteiger partial charge in [-0.1, -0.05) is 12.1 Å². The number of thiophene rings is 1. The average molecular weight is 276 g/mol. The van der Waals surface area contributed by atoms with Crippen molar-refractivity contribution in [2.45, 2.75) is 27.4 Å². The van der Waals surface area contributed by atoms with Crippen molar-refractivity contribution < 1.29 is 14.6 Å². The number of hydrogen-bond donors (Lipinski definition) is 1. The van der Waals surface area contributed by atoms with Gasteiger partial charge in [-0.05, 0) is 44.0 Å². The molecule has 100 valence electrons. The first-order chi connectivity index (χ1) is 8.97. The molecule has 0 unspecified atom stereocenters. The van der Waals surface area contributed by atoms with E-state index >= 15 is 0 Å². The molecule has 0 atom stereocenters. The summed E-state index contributed by atoms with van der Waals surface area (Å²) in [5, 5.41) is 8.96. The number of carboxylic acids is 1. The van der Waals surface area contributed by atoms with Crippen LogP contribution in [0.5, 0.6) is 5.75 Å². The first-order valence-electron chi connectivity index (χ1n) is 6.00. The van der Waals surface area contributed by atoms with Gasteiger partial charge in [-0.2, -0.15) is 0 Å². The van der Waals surface area contributed by atoms with Crippen LogP contribution in [0.3, 0.4) is 0 Å². The monoisotopic (exact) mass is 276 g/mol. The predicted octanol–water partition coefficient (Wildman–Crippen LogP) is 3.95. The Labute approximate surface area is 116 Å². The maximum atomic E-state index is 10.9. The maximum Gasteiger partial charge on any atom is 0.345 e. The van der Waals surface area contributed by atoms with E-state index in [9.17, 15) is 4.79 Å². The van der Waals surface area contributed by atoms with Crippen LogP contribution in [0.25, 0.3) is 0 Å². The molecule has 0 radical (unpaired) electrons. The molecule has 1 aromatic carbocycles. The molecular weight excluding hydrogens is 260 g/mol. The summed E-state index contributed by atoms with van der Waals surface area (Å²) in [5.41, 5.74) is 3.16. The molecule has 0 aliphatic heterocycles. The molecule has 1 aromatic heterocycles. The smallest absolute Gasteiger partial charge is 0.345 e. The molecule has 2 rings (SSSR count). The van der Waals surface area contributed by atoms with Crippen molar-refractivity contribution in [3.8, 4) is 5.75 Å². The summed E-state index contributed by atoms with van der Waals surface area (Å²) in [6, 6.07) is 7.75. The zero-order chi connectivity index (χ0) is 14.0. The molecule has 1 heterocycles. The number of carbonyl (C=O) groups is 1. The lowest BCUT2D eigenvalue weighted by Gasteiger charge is -2.09. The fraction of sp³-hybridized carbons (Fsp3) is 0.267. The van der Waals surface area contributed by atoms with Crippen LogP contribution >= 0.6 is 11.3 Å². The van der Waals surface area contributed by atoms with Crippen LogP contribution in [0.15, 0.2) is 24.3 Å². The molecule has 0 saturated heterocycles. The van der Waals surface area contributed by atoms with Crippen LogP contribution in [-0.2, 0) is 6.61 Å². The van der Waals surface area contributed by atoms with Gasteiger partial charge in [-0.25, -0.2) is 4.79 Å². The third-order valence-electron chi connectivity index (χ3n) is 2.96. The molecule has 0 fully saturated rings. The Morgan fingerprint density at radius 1 is 1.26 bits per heavy atom. The molecule has 0 aliphatic rings. The quantitative estimate of drug-likeness (QED) is 0.919. The van der Waals surface area contributed by atoms with Gasteiger partial charge in [-0.3, -0.25) is 0 Å². The van der Waals surface area contributed by atoms with Gasteiger partial charge in [0.1, 0.15) is 17.2 Å². The summed E-state index contributed by atoms with van der Waals surface area (Å²) in [7, 11) is 0. The van der Waals surface area contributed by atoms with Gasteiger partial charge in [0, 0.05) is 10.4 Å². The highest BCUT2D eigenvalue weighted by atomic mass is 32.1. The van der Waals surface area contributed by atoms with Crippen LogP contribution in [0, 0.1) is 20.8 Å². The molecule has 0 amide bonds. The minimum atomic E-state index is -0.883. The Balaban J connectivity index is 2.14. The topological polar surface area (TPSA) is 46.5 Å². The highest BCUT2D eigenvalue weighted by molar-refractivity contribution is 7.14. The molecule has 2 aromatic rings. The molecule has 0 aliphatic carbocycles. The van der Waals surface area contributed by atoms with Crippen LogP contribution in [0.1, 0.15) is 31.2 Å². The second-order valence-corrected chi connectivity index (χ2v) is 5.81. The lowest BCUT2D eigenvalue weighted by molar-refractivity contribution is 0.0702. The molecule has 1 N–H and O–H groups in total. The van der Waals surface area contributed by atoms with Crippen molar-refractivity contribution in [2.75, 3.05) is 0 Å². The van der Waals surface area contributed by atoms with Crippen molar-refractivity contribution >= 4 is 17.3 Å². The number of ether oxygens (including phenoxy) is 1.